The van der Waals surface area contributed by atoms with Crippen LogP contribution in [0.4, 0.5) is 0 Å². The van der Waals surface area contributed by atoms with Gasteiger partial charge < -0.3 is 19.5 Å². The quantitative estimate of drug-likeness (QED) is 0.571. The number of pyridine rings is 2. The zero-order valence-corrected chi connectivity index (χ0v) is 21.7. The monoisotopic (exact) mass is 497 g/mol. The second kappa shape index (κ2) is 10.6. The van der Waals surface area contributed by atoms with Crippen LogP contribution in [-0.2, 0) is 19.1 Å². The van der Waals surface area contributed by atoms with Gasteiger partial charge in [-0.1, -0.05) is 20.8 Å². The predicted molar refractivity (Wildman–Crippen MR) is 133 cm³/mol. The van der Waals surface area contributed by atoms with Crippen LogP contribution in [0, 0.1) is 11.3 Å². The molecule has 0 bridgehead atoms. The molecule has 1 saturated heterocycles. The molecule has 1 amide bonds. The van der Waals surface area contributed by atoms with Crippen LogP contribution in [0.1, 0.15) is 54.4 Å². The Kier molecular flexibility index (Phi) is 8.01. The lowest BCUT2D eigenvalue weighted by atomic mass is 9.77. The highest BCUT2D eigenvalue weighted by Gasteiger charge is 2.46. The van der Waals surface area contributed by atoms with E-state index in [9.17, 15) is 19.5 Å². The Labute approximate surface area is 211 Å². The van der Waals surface area contributed by atoms with Crippen LogP contribution in [0.25, 0.3) is 11.1 Å². The Bertz CT molecular complexity index is 1090. The van der Waals surface area contributed by atoms with Crippen molar-refractivity contribution in [3.63, 3.8) is 0 Å². The molecule has 9 nitrogen and oxygen atoms in total. The van der Waals surface area contributed by atoms with Gasteiger partial charge in [-0.15, -0.1) is 0 Å². The van der Waals surface area contributed by atoms with Crippen LogP contribution in [0.3, 0.4) is 0 Å². The number of nitrogens with zero attached hydrogens (tertiary/aromatic N) is 3. The molecule has 1 aliphatic rings. The fourth-order valence-electron chi connectivity index (χ4n) is 4.25. The van der Waals surface area contributed by atoms with Crippen molar-refractivity contribution in [1.29, 1.82) is 0 Å². The second-order valence-electron chi connectivity index (χ2n) is 11.2. The van der Waals surface area contributed by atoms with Gasteiger partial charge in [-0.2, -0.15) is 0 Å². The first kappa shape index (κ1) is 27.1. The molecule has 2 aromatic rings. The number of aliphatic carboxylic acids is 1. The first-order valence-corrected chi connectivity index (χ1v) is 12.0. The average molecular weight is 498 g/mol. The van der Waals surface area contributed by atoms with Gasteiger partial charge in [0.1, 0.15) is 23.5 Å². The number of hydrogen-bond donors (Lipinski definition) is 1. The molecule has 3 atom stereocenters. The average Bonchev–Trinajstić information content (AvgIpc) is 3.20. The summed E-state index contributed by atoms with van der Waals surface area (Å²) in [6.45, 7) is 11.0. The molecule has 9 heteroatoms. The number of carbonyl (C=O) groups excluding carboxylic acids is 2. The van der Waals surface area contributed by atoms with Crippen molar-refractivity contribution < 1.29 is 29.0 Å². The summed E-state index contributed by atoms with van der Waals surface area (Å²) in [6, 6.07) is 4.48. The van der Waals surface area contributed by atoms with Gasteiger partial charge in [0.05, 0.1) is 25.1 Å². The fraction of sp³-hybridized carbons (Fsp3) is 0.519. The molecule has 194 valence electrons. The lowest BCUT2D eigenvalue weighted by Gasteiger charge is -2.34. The molecular weight excluding hydrogens is 462 g/mol. The van der Waals surface area contributed by atoms with Crippen molar-refractivity contribution in [2.45, 2.75) is 72.1 Å². The van der Waals surface area contributed by atoms with Crippen LogP contribution >= 0.6 is 0 Å². The van der Waals surface area contributed by atoms with Crippen LogP contribution < -0.4 is 4.74 Å². The van der Waals surface area contributed by atoms with Gasteiger partial charge in [-0.25, -0.2) is 4.79 Å². The highest BCUT2D eigenvalue weighted by Crippen LogP contribution is 2.35. The van der Waals surface area contributed by atoms with E-state index in [4.69, 9.17) is 9.47 Å². The van der Waals surface area contributed by atoms with E-state index in [0.717, 1.165) is 11.1 Å². The maximum atomic E-state index is 13.6. The Balaban J connectivity index is 1.78. The van der Waals surface area contributed by atoms with Gasteiger partial charge in [0, 0.05) is 30.6 Å². The minimum atomic E-state index is -1.11. The molecule has 1 aliphatic heterocycles. The van der Waals surface area contributed by atoms with Gasteiger partial charge in [-0.3, -0.25) is 19.6 Å². The number of hydrogen-bond acceptors (Lipinski definition) is 7. The molecule has 0 aromatic carbocycles. The normalized spacial score (nSPS) is 19.0. The van der Waals surface area contributed by atoms with E-state index in [0.29, 0.717) is 5.75 Å². The van der Waals surface area contributed by atoms with E-state index in [2.05, 4.69) is 9.97 Å². The summed E-state index contributed by atoms with van der Waals surface area (Å²) < 4.78 is 11.5. The van der Waals surface area contributed by atoms with Gasteiger partial charge in [0.25, 0.3) is 0 Å². The zero-order valence-electron chi connectivity index (χ0n) is 21.7. The van der Waals surface area contributed by atoms with Gasteiger partial charge >= 0.3 is 11.9 Å². The summed E-state index contributed by atoms with van der Waals surface area (Å²) in [5.41, 5.74) is 0.488. The SMILES string of the molecule is CC(C)(C)OC(=O)C[C@H](C(=O)N1C[C@H](Oc2cncc(-c3ccncc3)c2)C[C@H]1C(=O)O)C(C)(C)C. The fourth-order valence-corrected chi connectivity index (χ4v) is 4.25. The number of carbonyl (C=O) groups is 3. The summed E-state index contributed by atoms with van der Waals surface area (Å²) in [5, 5.41) is 9.87. The van der Waals surface area contributed by atoms with Gasteiger partial charge in [0.15, 0.2) is 0 Å². The van der Waals surface area contributed by atoms with Crippen molar-refractivity contribution in [3.8, 4) is 16.9 Å². The number of amides is 1. The molecule has 0 saturated carbocycles. The Morgan fingerprint density at radius 2 is 1.72 bits per heavy atom. The molecule has 0 spiro atoms. The summed E-state index contributed by atoms with van der Waals surface area (Å²) in [5.74, 6) is -2.26. The lowest BCUT2D eigenvalue weighted by Crippen LogP contribution is -2.47. The summed E-state index contributed by atoms with van der Waals surface area (Å²) in [4.78, 5) is 47.8. The molecule has 0 unspecified atom stereocenters. The number of likely N-dealkylation sites (tertiary alicyclic amines) is 1. The van der Waals surface area contributed by atoms with E-state index in [-0.39, 0.29) is 19.4 Å². The van der Waals surface area contributed by atoms with Gasteiger partial charge in [0.2, 0.25) is 5.91 Å². The molecular formula is C27H35N3O6. The zero-order chi connectivity index (χ0) is 26.7. The maximum Gasteiger partial charge on any atom is 0.326 e. The van der Waals surface area contributed by atoms with Crippen LogP contribution in [0.5, 0.6) is 5.75 Å². The molecule has 1 N–H and O–H groups in total. The number of ether oxygens (including phenoxy) is 2. The number of esters is 1. The standard InChI is InChI=1S/C27H35N3O6/c1-26(2,3)21(13-23(31)36-27(4,5)6)24(32)30-16-20(12-22(30)25(33)34)35-19-11-18(14-29-15-19)17-7-9-28-10-8-17/h7-11,14-15,20-22H,12-13,16H2,1-6H3,(H,33,34)/t20-,21-,22+/m1/s1. The molecule has 3 heterocycles. The van der Waals surface area contributed by atoms with E-state index >= 15 is 0 Å². The van der Waals surface area contributed by atoms with Gasteiger partial charge in [-0.05, 0) is 49.9 Å². The summed E-state index contributed by atoms with van der Waals surface area (Å²) in [7, 11) is 0. The minimum absolute atomic E-state index is 0.0934. The van der Waals surface area contributed by atoms with Crippen LogP contribution in [0.15, 0.2) is 43.0 Å². The second-order valence-corrected chi connectivity index (χ2v) is 11.2. The first-order valence-electron chi connectivity index (χ1n) is 12.0. The molecule has 2 aromatic heterocycles. The third kappa shape index (κ3) is 7.02. The van der Waals surface area contributed by atoms with Crippen LogP contribution in [-0.4, -0.2) is 62.1 Å². The van der Waals surface area contributed by atoms with E-state index < -0.39 is 46.9 Å². The van der Waals surface area contributed by atoms with Crippen molar-refractivity contribution in [1.82, 2.24) is 14.9 Å². The third-order valence-corrected chi connectivity index (χ3v) is 5.99. The maximum absolute atomic E-state index is 13.6. The Hall–Kier alpha value is -3.49. The Morgan fingerprint density at radius 1 is 1.06 bits per heavy atom. The molecule has 3 rings (SSSR count). The number of carboxylic acids is 1. The molecule has 0 aliphatic carbocycles. The largest absolute Gasteiger partial charge is 0.487 e. The van der Waals surface area contributed by atoms with E-state index in [1.807, 2.05) is 39.0 Å². The minimum Gasteiger partial charge on any atom is -0.487 e. The third-order valence-electron chi connectivity index (χ3n) is 5.99. The van der Waals surface area contributed by atoms with Crippen LogP contribution in [0.2, 0.25) is 0 Å². The highest BCUT2D eigenvalue weighted by molar-refractivity contribution is 5.89. The number of aromatic nitrogens is 2. The Morgan fingerprint density at radius 3 is 2.31 bits per heavy atom. The van der Waals surface area contributed by atoms with E-state index in [1.165, 1.54) is 4.90 Å². The molecule has 1 fully saturated rings. The number of rotatable bonds is 7. The topological polar surface area (TPSA) is 119 Å². The van der Waals surface area contributed by atoms with Crippen molar-refractivity contribution >= 4 is 17.8 Å². The first-order chi connectivity index (χ1) is 16.7. The highest BCUT2D eigenvalue weighted by atomic mass is 16.6. The predicted octanol–water partition coefficient (Wildman–Crippen LogP) is 3.97. The smallest absolute Gasteiger partial charge is 0.326 e. The van der Waals surface area contributed by atoms with E-state index in [1.54, 1.807) is 45.6 Å². The summed E-state index contributed by atoms with van der Waals surface area (Å²) >= 11 is 0. The van der Waals surface area contributed by atoms with Crippen molar-refractivity contribution in [2.75, 3.05) is 6.54 Å². The summed E-state index contributed by atoms with van der Waals surface area (Å²) in [6.07, 6.45) is 6.10. The molecule has 36 heavy (non-hydrogen) atoms. The van der Waals surface area contributed by atoms with Crippen molar-refractivity contribution in [2.24, 2.45) is 11.3 Å². The number of carboxylic acid groups (broad SMARTS) is 1. The molecule has 0 radical (unpaired) electrons. The lowest BCUT2D eigenvalue weighted by molar-refractivity contribution is -0.161. The van der Waals surface area contributed by atoms with Crippen molar-refractivity contribution in [3.05, 3.63) is 43.0 Å².